The molecule has 1 heteroatoms. The molecule has 0 unspecified atom stereocenters. The van der Waals surface area contributed by atoms with Crippen molar-refractivity contribution < 1.29 is 0 Å². The second-order valence-corrected chi connectivity index (χ2v) is 5.82. The summed E-state index contributed by atoms with van der Waals surface area (Å²) in [5, 5.41) is 0. The molecule has 0 bridgehead atoms. The van der Waals surface area contributed by atoms with E-state index in [1.165, 1.54) is 27.2 Å². The summed E-state index contributed by atoms with van der Waals surface area (Å²) in [5.41, 5.74) is 5.56. The summed E-state index contributed by atoms with van der Waals surface area (Å²) >= 11 is 1.93. The number of hydrogen-bond donors (Lipinski definition) is 0. The lowest BCUT2D eigenvalue weighted by Gasteiger charge is -2.08. The van der Waals surface area contributed by atoms with E-state index in [9.17, 15) is 0 Å². The van der Waals surface area contributed by atoms with E-state index in [0.717, 1.165) is 5.75 Å². The van der Waals surface area contributed by atoms with Gasteiger partial charge in [-0.05, 0) is 45.7 Å². The summed E-state index contributed by atoms with van der Waals surface area (Å²) < 4.78 is 0. The third-order valence-corrected chi connectivity index (χ3v) is 3.85. The summed E-state index contributed by atoms with van der Waals surface area (Å²) in [7, 11) is 0. The summed E-state index contributed by atoms with van der Waals surface area (Å²) in [5.74, 6) is 1.05. The Morgan fingerprint density at radius 3 is 2.29 bits per heavy atom. The number of hydrogen-bond acceptors (Lipinski definition) is 1. The van der Waals surface area contributed by atoms with Crippen molar-refractivity contribution in [3.05, 3.63) is 57.5 Å². The van der Waals surface area contributed by atoms with E-state index in [0.29, 0.717) is 0 Å². The predicted molar refractivity (Wildman–Crippen MR) is 80.3 cm³/mol. The van der Waals surface area contributed by atoms with Crippen LogP contribution in [0.15, 0.2) is 46.4 Å². The van der Waals surface area contributed by atoms with Crippen LogP contribution in [0.2, 0.25) is 0 Å². The molecule has 0 heterocycles. The van der Waals surface area contributed by atoms with Crippen molar-refractivity contribution >= 4 is 11.8 Å². The zero-order valence-electron chi connectivity index (χ0n) is 11.5. The Morgan fingerprint density at radius 1 is 1.12 bits per heavy atom. The Hall–Kier alpha value is -0.950. The van der Waals surface area contributed by atoms with Crippen LogP contribution in [0.1, 0.15) is 38.8 Å². The van der Waals surface area contributed by atoms with E-state index in [-0.39, 0.29) is 0 Å². The van der Waals surface area contributed by atoms with Gasteiger partial charge in [-0.25, -0.2) is 0 Å². The molecule has 1 aromatic rings. The van der Waals surface area contributed by atoms with Crippen LogP contribution in [0.3, 0.4) is 0 Å². The Bertz CT molecular complexity index is 431. The first-order chi connectivity index (χ1) is 8.00. The van der Waals surface area contributed by atoms with Gasteiger partial charge in [0.2, 0.25) is 0 Å². The van der Waals surface area contributed by atoms with Gasteiger partial charge in [-0.1, -0.05) is 41.5 Å². The molecule has 0 atom stereocenters. The third-order valence-electron chi connectivity index (χ3n) is 2.56. The maximum atomic E-state index is 2.28. The van der Waals surface area contributed by atoms with Gasteiger partial charge in [0.15, 0.2) is 0 Å². The van der Waals surface area contributed by atoms with Gasteiger partial charge in [0.25, 0.3) is 0 Å². The van der Waals surface area contributed by atoms with Crippen molar-refractivity contribution in [2.24, 2.45) is 0 Å². The van der Waals surface area contributed by atoms with Crippen molar-refractivity contribution in [2.75, 3.05) is 0 Å². The minimum Gasteiger partial charge on any atom is -0.121 e. The van der Waals surface area contributed by atoms with Crippen LogP contribution in [0.25, 0.3) is 0 Å². The normalized spacial score (nSPS) is 9.94. The molecule has 1 aromatic carbocycles. The Balaban J connectivity index is 2.76. The maximum Gasteiger partial charge on any atom is 0.0234 e. The summed E-state index contributed by atoms with van der Waals surface area (Å²) in [6.07, 6.45) is 2.28. The highest BCUT2D eigenvalue weighted by Gasteiger charge is 2.01. The van der Waals surface area contributed by atoms with Crippen LogP contribution in [-0.4, -0.2) is 0 Å². The molecule has 0 saturated heterocycles. The van der Waals surface area contributed by atoms with E-state index in [2.05, 4.69) is 65.0 Å². The average Bonchev–Trinajstić information content (AvgIpc) is 2.25. The van der Waals surface area contributed by atoms with Gasteiger partial charge in [-0.3, -0.25) is 0 Å². The second-order valence-electron chi connectivity index (χ2n) is 4.80. The first-order valence-electron chi connectivity index (χ1n) is 6.00. The molecule has 0 N–H and O–H groups in total. The maximum absolute atomic E-state index is 2.28. The minimum atomic E-state index is 1.05. The van der Waals surface area contributed by atoms with Gasteiger partial charge in [-0.2, -0.15) is 0 Å². The molecule has 0 saturated carbocycles. The number of aryl methyl sites for hydroxylation is 1. The standard InChI is InChI=1S/C16H22S/c1-12(2)10-16(13(3)4)17-11-15-9-7-6-8-14(15)5/h6-10H,11H2,1-5H3. The molecule has 0 amide bonds. The Kier molecular flexibility index (Phi) is 5.57. The lowest BCUT2D eigenvalue weighted by atomic mass is 10.1. The molecule has 0 aliphatic carbocycles. The average molecular weight is 246 g/mol. The molecule has 0 fully saturated rings. The van der Waals surface area contributed by atoms with Crippen molar-refractivity contribution in [3.8, 4) is 0 Å². The highest BCUT2D eigenvalue weighted by molar-refractivity contribution is 8.02. The van der Waals surface area contributed by atoms with E-state index in [1.54, 1.807) is 0 Å². The molecular formula is C16H22S. The number of thioether (sulfide) groups is 1. The molecule has 92 valence electrons. The molecule has 1 rings (SSSR count). The SMILES string of the molecule is CC(C)=CC(SCc1ccccc1C)=C(C)C. The highest BCUT2D eigenvalue weighted by atomic mass is 32.2. The molecule has 0 nitrogen and oxygen atoms in total. The monoisotopic (exact) mass is 246 g/mol. The molecule has 17 heavy (non-hydrogen) atoms. The fourth-order valence-electron chi connectivity index (χ4n) is 1.52. The third kappa shape index (κ3) is 4.82. The smallest absolute Gasteiger partial charge is 0.0234 e. The Morgan fingerprint density at radius 2 is 1.76 bits per heavy atom. The molecule has 0 aliphatic heterocycles. The molecule has 0 aliphatic rings. The topological polar surface area (TPSA) is 0 Å². The van der Waals surface area contributed by atoms with Gasteiger partial charge in [0.05, 0.1) is 0 Å². The van der Waals surface area contributed by atoms with E-state index < -0.39 is 0 Å². The number of rotatable bonds is 4. The van der Waals surface area contributed by atoms with Gasteiger partial charge in [-0.15, -0.1) is 11.8 Å². The van der Waals surface area contributed by atoms with Crippen LogP contribution >= 0.6 is 11.8 Å². The summed E-state index contributed by atoms with van der Waals surface area (Å²) in [6.45, 7) is 10.8. The number of benzene rings is 1. The van der Waals surface area contributed by atoms with Gasteiger partial charge in [0.1, 0.15) is 0 Å². The predicted octanol–water partition coefficient (Wildman–Crippen LogP) is 5.49. The minimum absolute atomic E-state index is 1.05. The van der Waals surface area contributed by atoms with Crippen molar-refractivity contribution in [1.82, 2.24) is 0 Å². The number of allylic oxidation sites excluding steroid dienone is 3. The summed E-state index contributed by atoms with van der Waals surface area (Å²) in [6, 6.07) is 8.61. The van der Waals surface area contributed by atoms with Crippen molar-refractivity contribution in [3.63, 3.8) is 0 Å². The van der Waals surface area contributed by atoms with Crippen LogP contribution in [-0.2, 0) is 5.75 Å². The van der Waals surface area contributed by atoms with Crippen molar-refractivity contribution in [1.29, 1.82) is 0 Å². The molecular weight excluding hydrogens is 224 g/mol. The van der Waals surface area contributed by atoms with E-state index in [4.69, 9.17) is 0 Å². The largest absolute Gasteiger partial charge is 0.121 e. The van der Waals surface area contributed by atoms with Gasteiger partial charge in [0, 0.05) is 10.7 Å². The van der Waals surface area contributed by atoms with Gasteiger partial charge < -0.3 is 0 Å². The van der Waals surface area contributed by atoms with Crippen molar-refractivity contribution in [2.45, 2.75) is 40.4 Å². The summed E-state index contributed by atoms with van der Waals surface area (Å²) in [4.78, 5) is 1.40. The quantitative estimate of drug-likeness (QED) is 0.633. The first kappa shape index (κ1) is 14.1. The van der Waals surface area contributed by atoms with Crippen LogP contribution in [0.4, 0.5) is 0 Å². The van der Waals surface area contributed by atoms with E-state index >= 15 is 0 Å². The molecule has 0 aromatic heterocycles. The first-order valence-corrected chi connectivity index (χ1v) is 6.99. The van der Waals surface area contributed by atoms with Crippen LogP contribution in [0, 0.1) is 6.92 Å². The van der Waals surface area contributed by atoms with Crippen LogP contribution in [0.5, 0.6) is 0 Å². The van der Waals surface area contributed by atoms with E-state index in [1.807, 2.05) is 11.8 Å². The lowest BCUT2D eigenvalue weighted by molar-refractivity contribution is 1.30. The fraction of sp³-hybridized carbons (Fsp3) is 0.375. The van der Waals surface area contributed by atoms with Gasteiger partial charge >= 0.3 is 0 Å². The molecule has 0 spiro atoms. The zero-order valence-corrected chi connectivity index (χ0v) is 12.3. The lowest BCUT2D eigenvalue weighted by Crippen LogP contribution is -1.87. The highest BCUT2D eigenvalue weighted by Crippen LogP contribution is 2.27. The molecule has 0 radical (unpaired) electrons. The van der Waals surface area contributed by atoms with Crippen LogP contribution < -0.4 is 0 Å². The second kappa shape index (κ2) is 6.70. The zero-order chi connectivity index (χ0) is 12.8. The Labute approximate surface area is 110 Å². The fourth-order valence-corrected chi connectivity index (χ4v) is 2.76.